The molecule has 0 amide bonds. The molecule has 0 heterocycles. The smallest absolute Gasteiger partial charge is 0.320 e. The van der Waals surface area contributed by atoms with Crippen molar-refractivity contribution in [3.63, 3.8) is 0 Å². The van der Waals surface area contributed by atoms with Gasteiger partial charge in [0.2, 0.25) is 0 Å². The summed E-state index contributed by atoms with van der Waals surface area (Å²) in [5, 5.41) is 11.6. The number of benzene rings is 1. The quantitative estimate of drug-likeness (QED) is 0.714. The van der Waals surface area contributed by atoms with Gasteiger partial charge in [-0.3, -0.25) is 4.79 Å². The van der Waals surface area contributed by atoms with Gasteiger partial charge < -0.3 is 10.4 Å². The van der Waals surface area contributed by atoms with Crippen LogP contribution in [-0.2, 0) is 10.5 Å². The maximum absolute atomic E-state index is 10.5. The summed E-state index contributed by atoms with van der Waals surface area (Å²) in [5.74, 6) is 1.10. The fourth-order valence-corrected chi connectivity index (χ4v) is 2.03. The van der Waals surface area contributed by atoms with Crippen LogP contribution in [0, 0.1) is 0 Å². The van der Waals surface area contributed by atoms with Crippen LogP contribution in [0.25, 0.3) is 0 Å². The summed E-state index contributed by atoms with van der Waals surface area (Å²) in [6.07, 6.45) is 0. The molecule has 0 bridgehead atoms. The number of rotatable bonds is 7. The summed E-state index contributed by atoms with van der Waals surface area (Å²) in [7, 11) is 0. The molecule has 1 rings (SSSR count). The molecule has 0 saturated heterocycles. The van der Waals surface area contributed by atoms with Gasteiger partial charge in [-0.15, -0.1) is 0 Å². The first-order valence-electron chi connectivity index (χ1n) is 5.28. The third-order valence-electron chi connectivity index (χ3n) is 2.18. The first kappa shape index (κ1) is 13.1. The molecule has 1 aromatic carbocycles. The molecule has 0 spiro atoms. The average Bonchev–Trinajstić information content (AvgIpc) is 2.29. The van der Waals surface area contributed by atoms with Crippen LogP contribution in [0.4, 0.5) is 0 Å². The Morgan fingerprint density at radius 1 is 1.44 bits per heavy atom. The van der Waals surface area contributed by atoms with Crippen LogP contribution in [0.3, 0.4) is 0 Å². The lowest BCUT2D eigenvalue weighted by Gasteiger charge is -2.08. The molecule has 88 valence electrons. The molecular formula is C12H17NO2S. The van der Waals surface area contributed by atoms with Gasteiger partial charge in [-0.05, 0) is 12.5 Å². The van der Waals surface area contributed by atoms with Crippen molar-refractivity contribution in [2.45, 2.75) is 18.7 Å². The molecule has 0 aliphatic carbocycles. The highest BCUT2D eigenvalue weighted by Crippen LogP contribution is 2.10. The van der Waals surface area contributed by atoms with E-state index in [1.807, 2.05) is 18.2 Å². The molecule has 0 unspecified atom stereocenters. The second-order valence-corrected chi connectivity index (χ2v) is 4.66. The van der Waals surface area contributed by atoms with E-state index in [0.717, 1.165) is 18.1 Å². The molecule has 0 aliphatic rings. The fourth-order valence-electron chi connectivity index (χ4n) is 1.20. The molecular weight excluding hydrogens is 222 g/mol. The zero-order valence-electron chi connectivity index (χ0n) is 9.35. The summed E-state index contributed by atoms with van der Waals surface area (Å²) < 4.78 is 0. The van der Waals surface area contributed by atoms with Crippen molar-refractivity contribution in [1.82, 2.24) is 5.32 Å². The van der Waals surface area contributed by atoms with E-state index < -0.39 is 12.0 Å². The van der Waals surface area contributed by atoms with E-state index in [2.05, 4.69) is 17.4 Å². The SMILES string of the molecule is C[C@H](NCCSCc1ccccc1)C(=O)O. The zero-order chi connectivity index (χ0) is 11.8. The number of carboxylic acid groups (broad SMARTS) is 1. The molecule has 0 aliphatic heterocycles. The molecule has 4 heteroatoms. The Balaban J connectivity index is 2.07. The maximum atomic E-state index is 10.5. The van der Waals surface area contributed by atoms with E-state index in [0.29, 0.717) is 0 Å². The number of thioether (sulfide) groups is 1. The van der Waals surface area contributed by atoms with Crippen LogP contribution in [-0.4, -0.2) is 29.4 Å². The highest BCUT2D eigenvalue weighted by atomic mass is 32.2. The van der Waals surface area contributed by atoms with Crippen LogP contribution >= 0.6 is 11.8 Å². The monoisotopic (exact) mass is 239 g/mol. The largest absolute Gasteiger partial charge is 0.480 e. The van der Waals surface area contributed by atoms with Crippen LogP contribution in [0.1, 0.15) is 12.5 Å². The van der Waals surface area contributed by atoms with Crippen molar-refractivity contribution in [3.8, 4) is 0 Å². The van der Waals surface area contributed by atoms with Crippen molar-refractivity contribution in [2.24, 2.45) is 0 Å². The highest BCUT2D eigenvalue weighted by molar-refractivity contribution is 7.98. The van der Waals surface area contributed by atoms with Crippen LogP contribution in [0.5, 0.6) is 0 Å². The summed E-state index contributed by atoms with van der Waals surface area (Å²) in [6, 6.07) is 9.80. The number of aliphatic carboxylic acids is 1. The second kappa shape index (κ2) is 7.30. The van der Waals surface area contributed by atoms with E-state index in [1.54, 1.807) is 18.7 Å². The lowest BCUT2D eigenvalue weighted by Crippen LogP contribution is -2.35. The molecule has 1 atom stereocenters. The van der Waals surface area contributed by atoms with Gasteiger partial charge in [0.15, 0.2) is 0 Å². The zero-order valence-corrected chi connectivity index (χ0v) is 10.2. The van der Waals surface area contributed by atoms with E-state index >= 15 is 0 Å². The van der Waals surface area contributed by atoms with Gasteiger partial charge in [0.1, 0.15) is 6.04 Å². The molecule has 0 aromatic heterocycles. The van der Waals surface area contributed by atoms with E-state index in [4.69, 9.17) is 5.11 Å². The Bertz CT molecular complexity index is 316. The second-order valence-electron chi connectivity index (χ2n) is 3.55. The van der Waals surface area contributed by atoms with Gasteiger partial charge in [-0.1, -0.05) is 30.3 Å². The average molecular weight is 239 g/mol. The maximum Gasteiger partial charge on any atom is 0.320 e. The van der Waals surface area contributed by atoms with Crippen molar-refractivity contribution in [2.75, 3.05) is 12.3 Å². The van der Waals surface area contributed by atoms with Crippen molar-refractivity contribution < 1.29 is 9.90 Å². The third kappa shape index (κ3) is 5.19. The number of nitrogens with one attached hydrogen (secondary N) is 1. The minimum atomic E-state index is -0.798. The molecule has 2 N–H and O–H groups in total. The Hall–Kier alpha value is -1.00. The van der Waals surface area contributed by atoms with E-state index in [1.165, 1.54) is 5.56 Å². The van der Waals surface area contributed by atoms with E-state index in [-0.39, 0.29) is 0 Å². The van der Waals surface area contributed by atoms with Gasteiger partial charge in [0, 0.05) is 18.1 Å². The summed E-state index contributed by atoms with van der Waals surface area (Å²) in [4.78, 5) is 10.5. The normalized spacial score (nSPS) is 12.3. The van der Waals surface area contributed by atoms with Gasteiger partial charge in [0.25, 0.3) is 0 Å². The summed E-state index contributed by atoms with van der Waals surface area (Å²) >= 11 is 1.80. The molecule has 0 radical (unpaired) electrons. The van der Waals surface area contributed by atoms with Gasteiger partial charge in [-0.2, -0.15) is 11.8 Å². The third-order valence-corrected chi connectivity index (χ3v) is 3.21. The van der Waals surface area contributed by atoms with Crippen molar-refractivity contribution >= 4 is 17.7 Å². The molecule has 16 heavy (non-hydrogen) atoms. The lowest BCUT2D eigenvalue weighted by atomic mass is 10.2. The van der Waals surface area contributed by atoms with Gasteiger partial charge >= 0.3 is 5.97 Å². The molecule has 0 fully saturated rings. The van der Waals surface area contributed by atoms with Gasteiger partial charge in [0.05, 0.1) is 0 Å². The summed E-state index contributed by atoms with van der Waals surface area (Å²) in [6.45, 7) is 2.38. The first-order chi connectivity index (χ1) is 7.70. The van der Waals surface area contributed by atoms with E-state index in [9.17, 15) is 4.79 Å². The Labute approximate surface area is 100 Å². The molecule has 0 saturated carbocycles. The minimum absolute atomic E-state index is 0.461. The van der Waals surface area contributed by atoms with Crippen molar-refractivity contribution in [1.29, 1.82) is 0 Å². The van der Waals surface area contributed by atoms with Crippen LogP contribution < -0.4 is 5.32 Å². The summed E-state index contributed by atoms with van der Waals surface area (Å²) in [5.41, 5.74) is 1.30. The standard InChI is InChI=1S/C12H17NO2S/c1-10(12(14)15)13-7-8-16-9-11-5-3-2-4-6-11/h2-6,10,13H,7-9H2,1H3,(H,14,15)/t10-/m0/s1. The number of carbonyl (C=O) groups is 1. The number of hydrogen-bond acceptors (Lipinski definition) is 3. The fraction of sp³-hybridized carbons (Fsp3) is 0.417. The lowest BCUT2D eigenvalue weighted by molar-refractivity contribution is -0.138. The topological polar surface area (TPSA) is 49.3 Å². The first-order valence-corrected chi connectivity index (χ1v) is 6.43. The highest BCUT2D eigenvalue weighted by Gasteiger charge is 2.08. The van der Waals surface area contributed by atoms with Crippen molar-refractivity contribution in [3.05, 3.63) is 35.9 Å². The Morgan fingerprint density at radius 3 is 2.75 bits per heavy atom. The minimum Gasteiger partial charge on any atom is -0.480 e. The Kier molecular flexibility index (Phi) is 5.96. The molecule has 1 aromatic rings. The predicted octanol–water partition coefficient (Wildman–Crippen LogP) is 1.98. The van der Waals surface area contributed by atoms with Gasteiger partial charge in [-0.25, -0.2) is 0 Å². The number of hydrogen-bond donors (Lipinski definition) is 2. The van der Waals surface area contributed by atoms with Crippen LogP contribution in [0.15, 0.2) is 30.3 Å². The Morgan fingerprint density at radius 2 is 2.12 bits per heavy atom. The predicted molar refractivity (Wildman–Crippen MR) is 67.7 cm³/mol. The molecule has 3 nitrogen and oxygen atoms in total. The van der Waals surface area contributed by atoms with Crippen LogP contribution in [0.2, 0.25) is 0 Å². The number of carboxylic acids is 1.